The number of rotatable bonds is 28. The van der Waals surface area contributed by atoms with Gasteiger partial charge in [0.15, 0.2) is 18.3 Å². The number of ether oxygens (including phenoxy) is 4. The van der Waals surface area contributed by atoms with Gasteiger partial charge in [0.1, 0.15) is 6.10 Å². The standard InChI is InChI=1S/C34H46O5.C28H38O.C9H16N2.C6H8O4.CH2Cl2.BH.U/c1-25(2)14-12-15-26(3)21-22-32(30-18-10-7-11-19-30)24-31(29-16-8-6-9-17-29)20-13-23-38-34(37)28(5)39-33(36)27(4)35;1-23(2)12-10-13-24(3)19-20-28(26-16-8-5-9-17-26)22-27(18-11-21-29)25-14-6-4-7-15-25;1-2-5-9-10-6-4-8-11(9)7-3-1;1-3-5(7)10-4(2)6(8)9-3;2-1-3;;/h6-11,14,16-19,21,27-28,31-32,35H,12-13,15,20,22-24H2,1-5H3;4-9,12,14-17,19,27-29H,10-11,13,18,20-22H2,1-3H3;1-8H2;3-4H,1-2H3;1H2;1H;/b26-21+;24-19+;;;;;/i;;;;;1D;. The van der Waals surface area contributed by atoms with Crippen LogP contribution in [0.25, 0.3) is 0 Å². The number of amidine groups is 1. The quantitative estimate of drug-likeness (QED) is 0.0139. The maximum absolute atomic E-state index is 12.2. The Labute approximate surface area is 602 Å². The molecular weight excluding hydrogens is 1440 g/mol. The summed E-state index contributed by atoms with van der Waals surface area (Å²) in [6, 6.07) is 43.0. The third-order valence-electron chi connectivity index (χ3n) is 16.3. The summed E-state index contributed by atoms with van der Waals surface area (Å²) in [4.78, 5) is 52.1. The van der Waals surface area contributed by atoms with Crippen LogP contribution in [-0.4, -0.2) is 117 Å². The average molecular weight is 1560 g/mol. The second-order valence-corrected chi connectivity index (χ2v) is 25.6. The van der Waals surface area contributed by atoms with Gasteiger partial charge in [-0.2, -0.15) is 0 Å². The Kier molecular flexibility index (Phi) is 47.0. The summed E-state index contributed by atoms with van der Waals surface area (Å²) >= 11 is 9.53. The molecule has 12 nitrogen and oxygen atoms in total. The van der Waals surface area contributed by atoms with Gasteiger partial charge in [-0.15, -0.1) is 23.2 Å². The zero-order valence-corrected chi connectivity index (χ0v) is 63.8. The first-order valence-corrected chi connectivity index (χ1v) is 34.6. The number of carbonyl (C=O) groups excluding carboxylic acids is 4. The number of hydrogen-bond donors (Lipinski definition) is 2. The molecule has 0 saturated carbocycles. The van der Waals surface area contributed by atoms with Crippen LogP contribution >= 0.6 is 23.2 Å². The van der Waals surface area contributed by atoms with Crippen molar-refractivity contribution in [2.45, 2.75) is 226 Å². The minimum atomic E-state index is -1.28. The van der Waals surface area contributed by atoms with Gasteiger partial charge < -0.3 is 34.1 Å². The number of fused-ring (bicyclic) bond motifs is 1. The molecule has 3 aliphatic rings. The Balaban J connectivity index is 0.000000694. The van der Waals surface area contributed by atoms with Crippen molar-refractivity contribution in [2.75, 3.05) is 38.2 Å². The monoisotopic (exact) mass is 1560 g/mol. The fourth-order valence-electron chi connectivity index (χ4n) is 11.1. The van der Waals surface area contributed by atoms with E-state index in [4.69, 9.17) is 34.0 Å². The van der Waals surface area contributed by atoms with Gasteiger partial charge in [0, 0.05) is 72.2 Å². The normalized spacial score (nSPS) is 17.0. The van der Waals surface area contributed by atoms with Crippen molar-refractivity contribution >= 4 is 61.3 Å². The largest absolute Gasteiger partial charge is 0.463 e. The van der Waals surface area contributed by atoms with Crippen LogP contribution in [0.3, 0.4) is 0 Å². The third-order valence-corrected chi connectivity index (χ3v) is 16.3. The number of halogens is 2. The number of hydrogen-bond acceptors (Lipinski definition) is 12. The number of aliphatic hydroxyl groups is 2. The molecule has 0 amide bonds. The van der Waals surface area contributed by atoms with Crippen molar-refractivity contribution in [3.05, 3.63) is 190 Å². The topological polar surface area (TPSA) is 161 Å². The van der Waals surface area contributed by atoms with Gasteiger partial charge in [0.05, 0.1) is 17.8 Å². The van der Waals surface area contributed by atoms with Crippen molar-refractivity contribution in [2.24, 2.45) is 4.99 Å². The third kappa shape index (κ3) is 37.4. The summed E-state index contributed by atoms with van der Waals surface area (Å²) in [5.74, 6) is 0.657. The molecule has 2 radical (unpaired) electrons. The fourth-order valence-corrected chi connectivity index (χ4v) is 11.1. The molecular formula is C78H111BCl2N2O10U. The van der Waals surface area contributed by atoms with Gasteiger partial charge in [-0.3, -0.25) is 4.99 Å². The molecule has 2 saturated heterocycles. The number of esters is 4. The van der Waals surface area contributed by atoms with Crippen LogP contribution in [0.1, 0.15) is 224 Å². The molecule has 94 heavy (non-hydrogen) atoms. The molecule has 0 aromatic heterocycles. The first-order valence-electron chi connectivity index (χ1n) is 34.1. The molecule has 0 aliphatic carbocycles. The fraction of sp³-hybridized carbons (Fsp3) is 0.526. The number of benzene rings is 4. The predicted molar refractivity (Wildman–Crippen MR) is 386 cm³/mol. The second kappa shape index (κ2) is 52.0. The maximum atomic E-state index is 12.2. The number of alkyl halides is 2. The van der Waals surface area contributed by atoms with Crippen molar-refractivity contribution < 1.29 is 79.5 Å². The number of aliphatic hydroxyl groups excluding tert-OH is 2. The molecule has 2 N–H and O–H groups in total. The molecule has 4 aromatic rings. The molecule has 4 aromatic carbocycles. The molecule has 514 valence electrons. The first kappa shape index (κ1) is 84.9. The Morgan fingerprint density at radius 2 is 1.03 bits per heavy atom. The number of carbonyl (C=O) groups is 4. The van der Waals surface area contributed by atoms with E-state index < -0.39 is 48.3 Å². The van der Waals surface area contributed by atoms with Crippen LogP contribution in [0.5, 0.6) is 0 Å². The van der Waals surface area contributed by atoms with E-state index in [1.807, 2.05) is 6.07 Å². The molecule has 0 bridgehead atoms. The van der Waals surface area contributed by atoms with Crippen LogP contribution in [-0.2, 0) is 38.1 Å². The van der Waals surface area contributed by atoms with E-state index in [1.54, 1.807) is 0 Å². The van der Waals surface area contributed by atoms with Crippen LogP contribution in [0.4, 0.5) is 0 Å². The summed E-state index contributed by atoms with van der Waals surface area (Å²) < 4.78 is 24.8. The van der Waals surface area contributed by atoms with E-state index in [9.17, 15) is 29.4 Å². The van der Waals surface area contributed by atoms with Crippen LogP contribution in [0.15, 0.2) is 173 Å². The van der Waals surface area contributed by atoms with Crippen molar-refractivity contribution in [3.8, 4) is 0 Å². The van der Waals surface area contributed by atoms with Gasteiger partial charge in [-0.25, -0.2) is 19.2 Å². The summed E-state index contributed by atoms with van der Waals surface area (Å²) in [6.45, 7) is 22.9. The maximum Gasteiger partial charge on any atom is 0.347 e. The van der Waals surface area contributed by atoms with Crippen LogP contribution in [0.2, 0.25) is 0 Å². The SMILES string of the molecule is C1CCC2=NCCCN2CC1.CC(C)=CCC/C(C)=C/CC(CC(CCCO)c1ccccc1)c1ccccc1.CC(C)=CCC/C(C)=C/CC(CC(CCCOC(=O)C(C)OC(=O)C(C)O)c1ccccc1)c1ccccc1.CC1OC(=O)C(C)OC1=O.ClCCl.[2H][B].[U]. The molecule has 0 spiro atoms. The molecule has 3 aliphatic heterocycles. The van der Waals surface area contributed by atoms with Crippen molar-refractivity contribution in [3.63, 3.8) is 0 Å². The van der Waals surface area contributed by atoms with Crippen LogP contribution < -0.4 is 0 Å². The Bertz CT molecular complexity index is 2840. The minimum Gasteiger partial charge on any atom is -0.463 e. The number of nitrogens with zero attached hydrogens (tertiary/aromatic N) is 2. The van der Waals surface area contributed by atoms with Crippen molar-refractivity contribution in [1.29, 1.82) is 1.34 Å². The van der Waals surface area contributed by atoms with Crippen LogP contribution in [0, 0.1) is 31.1 Å². The summed E-state index contributed by atoms with van der Waals surface area (Å²) in [5.41, 5.74) is 11.1. The molecule has 7 rings (SSSR count). The average Bonchev–Trinajstić information content (AvgIpc) is 1.52. The van der Waals surface area contributed by atoms with E-state index in [-0.39, 0.29) is 49.7 Å². The van der Waals surface area contributed by atoms with E-state index in [0.29, 0.717) is 30.1 Å². The number of cyclic esters (lactones) is 2. The van der Waals surface area contributed by atoms with Gasteiger partial charge in [-0.05, 0) is 213 Å². The molecule has 8 unspecified atom stereocenters. The molecule has 2 fully saturated rings. The first-order chi connectivity index (χ1) is 45.3. The van der Waals surface area contributed by atoms with E-state index in [0.717, 1.165) is 77.2 Å². The summed E-state index contributed by atoms with van der Waals surface area (Å²) in [5, 5.41) is 18.9. The van der Waals surface area contributed by atoms with E-state index in [2.05, 4.69) is 209 Å². The zero-order chi connectivity index (χ0) is 69.5. The number of allylic oxidation sites excluding steroid dienone is 8. The van der Waals surface area contributed by atoms with Crippen molar-refractivity contribution in [1.82, 2.24) is 4.90 Å². The van der Waals surface area contributed by atoms with Gasteiger partial charge in [0.2, 0.25) is 0 Å². The summed E-state index contributed by atoms with van der Waals surface area (Å²) in [6.07, 6.45) is 24.3. The zero-order valence-electron chi connectivity index (χ0n) is 59.1. The van der Waals surface area contributed by atoms with Gasteiger partial charge in [0.25, 0.3) is 0 Å². The Morgan fingerprint density at radius 3 is 1.44 bits per heavy atom. The van der Waals surface area contributed by atoms with Gasteiger partial charge >= 0.3 is 23.9 Å². The Hall–Kier alpha value is -5.19. The summed E-state index contributed by atoms with van der Waals surface area (Å²) in [7, 11) is 3.75. The predicted octanol–water partition coefficient (Wildman–Crippen LogP) is 17.8. The van der Waals surface area contributed by atoms with Gasteiger partial charge in [-0.1, -0.05) is 174 Å². The minimum absolute atomic E-state index is 0. The molecule has 3 heterocycles. The number of aliphatic imine (C=N–C) groups is 1. The van der Waals surface area contributed by atoms with E-state index in [1.165, 1.54) is 123 Å². The second-order valence-electron chi connectivity index (χ2n) is 24.8. The smallest absolute Gasteiger partial charge is 0.347 e. The molecule has 16 heteroatoms. The van der Waals surface area contributed by atoms with E-state index >= 15 is 0 Å². The Morgan fingerprint density at radius 1 is 0.628 bits per heavy atom. The molecule has 8 atom stereocenters.